The lowest BCUT2D eigenvalue weighted by molar-refractivity contribution is 0.499. The molecule has 0 heterocycles. The van der Waals surface area contributed by atoms with Crippen LogP contribution in [0.5, 0.6) is 5.75 Å². The van der Waals surface area contributed by atoms with Crippen molar-refractivity contribution in [3.05, 3.63) is 78.9 Å². The Morgan fingerprint density at radius 1 is 0.613 bits per heavy atom. The van der Waals surface area contributed by atoms with E-state index in [2.05, 4.69) is 37.5 Å². The quantitative estimate of drug-likeness (QED) is 0.349. The second-order valence-electron chi connectivity index (χ2n) is 7.23. The Labute approximate surface area is 188 Å². The summed E-state index contributed by atoms with van der Waals surface area (Å²) in [5.41, 5.74) is 2.24. The Morgan fingerprint density at radius 3 is 1.35 bits per heavy atom. The number of hydrogen-bond donors (Lipinski definition) is 0. The molecule has 0 fully saturated rings. The van der Waals surface area contributed by atoms with Crippen molar-refractivity contribution in [1.82, 2.24) is 0 Å². The molecule has 0 aliphatic carbocycles. The predicted molar refractivity (Wildman–Crippen MR) is 132 cm³/mol. The molecule has 0 amide bonds. The maximum atomic E-state index is 14.3. The Kier molecular flexibility index (Phi) is 7.75. The van der Waals surface area contributed by atoms with E-state index in [-0.39, 0.29) is 0 Å². The number of nitrogens with zero attached hydrogens (tertiary/aromatic N) is 2. The van der Waals surface area contributed by atoms with E-state index in [0.717, 1.165) is 37.6 Å². The summed E-state index contributed by atoms with van der Waals surface area (Å²) in [6.07, 6.45) is 0. The van der Waals surface area contributed by atoms with E-state index in [9.17, 15) is 4.21 Å². The number of rotatable bonds is 10. The van der Waals surface area contributed by atoms with Gasteiger partial charge in [0.15, 0.2) is 5.75 Å². The minimum absolute atomic E-state index is 0.591. The Morgan fingerprint density at radius 2 is 1.00 bits per heavy atom. The monoisotopic (exact) mass is 437 g/mol. The molecule has 0 spiro atoms. The number of benzene rings is 3. The molecular weight excluding hydrogens is 404 g/mol. The van der Waals surface area contributed by atoms with Crippen molar-refractivity contribution in [3.8, 4) is 5.75 Å². The van der Waals surface area contributed by atoms with Gasteiger partial charge in [0.05, 0.1) is 0 Å². The van der Waals surface area contributed by atoms with E-state index in [1.807, 2.05) is 78.9 Å². The van der Waals surface area contributed by atoms with Crippen LogP contribution < -0.4 is 14.0 Å². The fourth-order valence-electron chi connectivity index (χ4n) is 3.69. The van der Waals surface area contributed by atoms with Crippen molar-refractivity contribution in [1.29, 1.82) is 0 Å². The van der Waals surface area contributed by atoms with Gasteiger partial charge in [0.1, 0.15) is 0 Å². The van der Waals surface area contributed by atoms with E-state index in [0.29, 0.717) is 15.5 Å². The average molecular weight is 438 g/mol. The molecule has 0 saturated carbocycles. The van der Waals surface area contributed by atoms with Crippen molar-refractivity contribution in [2.24, 2.45) is 0 Å². The summed E-state index contributed by atoms with van der Waals surface area (Å²) in [6, 6.07) is 25.2. The second kappa shape index (κ2) is 10.5. The van der Waals surface area contributed by atoms with Gasteiger partial charge in [-0.1, -0.05) is 18.2 Å². The highest BCUT2D eigenvalue weighted by Crippen LogP contribution is 2.34. The molecule has 0 radical (unpaired) electrons. The Bertz CT molecular complexity index is 921. The molecule has 5 heteroatoms. The first kappa shape index (κ1) is 22.9. The van der Waals surface area contributed by atoms with Gasteiger partial charge in [-0.2, -0.15) is 0 Å². The predicted octanol–water partition coefficient (Wildman–Crippen LogP) is 6.29. The van der Waals surface area contributed by atoms with Crippen LogP contribution in [-0.4, -0.2) is 26.2 Å². The molecule has 0 aromatic heterocycles. The standard InChI is InChI=1S/C26H33N2O2S/c1-5-27(6-2)22-14-18-25(19-15-22)31(29,30-24-12-10-9-11-13-24)26-20-16-23(17-21-26)28(7-3)8-4/h9-21H,5-8H2,1-4H3/q+1. The topological polar surface area (TPSA) is 32.8 Å². The third-order valence-corrected chi connectivity index (χ3v) is 7.72. The molecule has 0 aliphatic heterocycles. The fourth-order valence-corrected chi connectivity index (χ4v) is 5.53. The fraction of sp³-hybridized carbons (Fsp3) is 0.308. The first-order valence-corrected chi connectivity index (χ1v) is 12.5. The maximum Gasteiger partial charge on any atom is 0.325 e. The molecule has 3 aromatic carbocycles. The minimum atomic E-state index is -2.95. The second-order valence-corrected chi connectivity index (χ2v) is 9.35. The van der Waals surface area contributed by atoms with Crippen molar-refractivity contribution >= 4 is 21.6 Å². The SMILES string of the molecule is CCN(CC)c1ccc([S+](=O)(Oc2ccccc2)c2ccc(N(CC)CC)cc2)cc1. The summed E-state index contributed by atoms with van der Waals surface area (Å²) < 4.78 is 20.5. The van der Waals surface area contributed by atoms with Crippen LogP contribution in [0.1, 0.15) is 27.7 Å². The minimum Gasteiger partial charge on any atom is -0.372 e. The van der Waals surface area contributed by atoms with Gasteiger partial charge < -0.3 is 9.80 Å². The van der Waals surface area contributed by atoms with Gasteiger partial charge in [-0.3, -0.25) is 4.18 Å². The van der Waals surface area contributed by atoms with E-state index >= 15 is 0 Å². The molecular formula is C26H33N2O2S+. The van der Waals surface area contributed by atoms with Gasteiger partial charge in [0.2, 0.25) is 9.79 Å². The molecule has 31 heavy (non-hydrogen) atoms. The molecule has 3 aromatic rings. The van der Waals surface area contributed by atoms with E-state index in [4.69, 9.17) is 4.18 Å². The third kappa shape index (κ3) is 5.10. The van der Waals surface area contributed by atoms with Gasteiger partial charge in [0, 0.05) is 37.6 Å². The van der Waals surface area contributed by atoms with Gasteiger partial charge in [0.25, 0.3) is 0 Å². The normalized spacial score (nSPS) is 11.2. The molecule has 0 saturated heterocycles. The van der Waals surface area contributed by atoms with Gasteiger partial charge in [-0.05, 0) is 92.6 Å². The summed E-state index contributed by atoms with van der Waals surface area (Å²) in [6.45, 7) is 12.3. The van der Waals surface area contributed by atoms with Crippen molar-refractivity contribution in [3.63, 3.8) is 0 Å². The molecule has 0 unspecified atom stereocenters. The zero-order valence-electron chi connectivity index (χ0n) is 19.0. The highest BCUT2D eigenvalue weighted by atomic mass is 32.3. The van der Waals surface area contributed by atoms with Gasteiger partial charge in [-0.15, -0.1) is 0 Å². The van der Waals surface area contributed by atoms with Crippen LogP contribution in [0.25, 0.3) is 0 Å². The number of anilines is 2. The zero-order valence-corrected chi connectivity index (χ0v) is 19.8. The van der Waals surface area contributed by atoms with Crippen LogP contribution in [0.15, 0.2) is 88.7 Å². The van der Waals surface area contributed by atoms with Crippen LogP contribution >= 0.6 is 0 Å². The smallest absolute Gasteiger partial charge is 0.325 e. The summed E-state index contributed by atoms with van der Waals surface area (Å²) in [4.78, 5) is 5.87. The van der Waals surface area contributed by atoms with E-state index in [1.54, 1.807) is 0 Å². The molecule has 0 N–H and O–H groups in total. The van der Waals surface area contributed by atoms with Crippen molar-refractivity contribution in [2.75, 3.05) is 36.0 Å². The van der Waals surface area contributed by atoms with Crippen LogP contribution in [-0.2, 0) is 14.4 Å². The largest absolute Gasteiger partial charge is 0.372 e. The van der Waals surface area contributed by atoms with E-state index < -0.39 is 10.2 Å². The molecule has 4 nitrogen and oxygen atoms in total. The first-order valence-electron chi connectivity index (χ1n) is 11.0. The Balaban J connectivity index is 2.02. The lowest BCUT2D eigenvalue weighted by Crippen LogP contribution is -2.23. The molecule has 3 rings (SSSR count). The van der Waals surface area contributed by atoms with Crippen LogP contribution in [0.4, 0.5) is 11.4 Å². The lowest BCUT2D eigenvalue weighted by atomic mass is 10.3. The average Bonchev–Trinajstić information content (AvgIpc) is 2.82. The molecule has 0 aliphatic rings. The van der Waals surface area contributed by atoms with Crippen LogP contribution in [0.3, 0.4) is 0 Å². The molecule has 0 atom stereocenters. The van der Waals surface area contributed by atoms with Gasteiger partial charge in [-0.25, -0.2) is 0 Å². The highest BCUT2D eigenvalue weighted by Gasteiger charge is 2.38. The van der Waals surface area contributed by atoms with Crippen LogP contribution in [0.2, 0.25) is 0 Å². The van der Waals surface area contributed by atoms with Gasteiger partial charge >= 0.3 is 10.2 Å². The summed E-state index contributed by atoms with van der Waals surface area (Å²) >= 11 is 0. The molecule has 0 bridgehead atoms. The summed E-state index contributed by atoms with van der Waals surface area (Å²) in [7, 11) is -2.95. The molecule has 164 valence electrons. The van der Waals surface area contributed by atoms with Crippen molar-refractivity contribution in [2.45, 2.75) is 37.5 Å². The van der Waals surface area contributed by atoms with E-state index in [1.165, 1.54) is 0 Å². The third-order valence-electron chi connectivity index (χ3n) is 5.51. The maximum absolute atomic E-state index is 14.3. The van der Waals surface area contributed by atoms with Crippen LogP contribution in [0, 0.1) is 0 Å². The highest BCUT2D eigenvalue weighted by molar-refractivity contribution is 7.99. The van der Waals surface area contributed by atoms with Crippen molar-refractivity contribution < 1.29 is 8.39 Å². The lowest BCUT2D eigenvalue weighted by Gasteiger charge is -2.22. The number of para-hydroxylation sites is 1. The summed E-state index contributed by atoms with van der Waals surface area (Å²) in [5, 5.41) is 0. The Hall–Kier alpha value is -2.79. The summed E-state index contributed by atoms with van der Waals surface area (Å²) in [5.74, 6) is 0.591. The zero-order chi connectivity index (χ0) is 22.3. The number of hydrogen-bond acceptors (Lipinski definition) is 4. The first-order chi connectivity index (χ1) is 15.0.